The van der Waals surface area contributed by atoms with Gasteiger partial charge in [-0.2, -0.15) is 0 Å². The van der Waals surface area contributed by atoms with Crippen molar-refractivity contribution in [2.24, 2.45) is 0 Å². The zero-order valence-corrected chi connectivity index (χ0v) is 19.8. The summed E-state index contributed by atoms with van der Waals surface area (Å²) in [6.07, 6.45) is 3.96. The van der Waals surface area contributed by atoms with Crippen LogP contribution < -0.4 is 5.32 Å². The molecule has 1 aromatic rings. The summed E-state index contributed by atoms with van der Waals surface area (Å²) in [7, 11) is 0. The van der Waals surface area contributed by atoms with Gasteiger partial charge in [0.05, 0.1) is 6.61 Å². The van der Waals surface area contributed by atoms with E-state index in [0.717, 1.165) is 58.4 Å². The lowest BCUT2D eigenvalue weighted by Gasteiger charge is -2.50. The van der Waals surface area contributed by atoms with E-state index >= 15 is 0 Å². The second-order valence-electron chi connectivity index (χ2n) is 9.85. The highest BCUT2D eigenvalue weighted by Crippen LogP contribution is 2.42. The van der Waals surface area contributed by atoms with Crippen molar-refractivity contribution in [1.29, 1.82) is 0 Å². The predicted molar refractivity (Wildman–Crippen MR) is 125 cm³/mol. The summed E-state index contributed by atoms with van der Waals surface area (Å²) in [6.45, 7) is 11.4. The van der Waals surface area contributed by atoms with Gasteiger partial charge in [-0.3, -0.25) is 0 Å². The topological polar surface area (TPSA) is 65.1 Å². The van der Waals surface area contributed by atoms with Gasteiger partial charge >= 0.3 is 12.1 Å². The van der Waals surface area contributed by atoms with Crippen LogP contribution in [0.5, 0.6) is 0 Å². The van der Waals surface area contributed by atoms with Crippen molar-refractivity contribution in [3.05, 3.63) is 35.4 Å². The molecule has 0 atom stereocenters. The van der Waals surface area contributed by atoms with Crippen molar-refractivity contribution in [2.45, 2.75) is 70.5 Å². The molecule has 0 aromatic heterocycles. The zero-order valence-electron chi connectivity index (χ0n) is 19.8. The average Bonchev–Trinajstić information content (AvgIpc) is 2.79. The van der Waals surface area contributed by atoms with Crippen molar-refractivity contribution in [1.82, 2.24) is 20.0 Å². The number of nitrogens with zero attached hydrogens (tertiary/aromatic N) is 3. The van der Waals surface area contributed by atoms with Crippen LogP contribution in [0.2, 0.25) is 0 Å². The number of fused-ring (bicyclic) bond motifs is 2. The number of carbonyl (C=O) groups is 2. The van der Waals surface area contributed by atoms with Crippen molar-refractivity contribution >= 4 is 12.1 Å². The van der Waals surface area contributed by atoms with Crippen LogP contribution in [0.3, 0.4) is 0 Å². The minimum atomic E-state index is -0.179. The van der Waals surface area contributed by atoms with E-state index < -0.39 is 0 Å². The van der Waals surface area contributed by atoms with Gasteiger partial charge in [0.2, 0.25) is 0 Å². The number of nitrogens with one attached hydrogen (secondary N) is 1. The molecule has 1 N–H and O–H groups in total. The first kappa shape index (κ1) is 22.9. The van der Waals surface area contributed by atoms with Crippen molar-refractivity contribution in [3.8, 4) is 0 Å². The van der Waals surface area contributed by atoms with E-state index in [2.05, 4.69) is 34.5 Å². The SMILES string of the molecule is CCOC(=O)N1CCC(N2CCC3(CC2)CN(C(=O)NC(C)C)Cc2ccccc23)CC1. The summed E-state index contributed by atoms with van der Waals surface area (Å²) in [5, 5.41) is 3.08. The Hall–Kier alpha value is -2.28. The van der Waals surface area contributed by atoms with Gasteiger partial charge in [0.15, 0.2) is 0 Å². The highest BCUT2D eigenvalue weighted by atomic mass is 16.6. The molecule has 7 nitrogen and oxygen atoms in total. The van der Waals surface area contributed by atoms with Gasteiger partial charge in [-0.15, -0.1) is 0 Å². The van der Waals surface area contributed by atoms with Crippen LogP contribution in [-0.2, 0) is 16.7 Å². The lowest BCUT2D eigenvalue weighted by Crippen LogP contribution is -2.57. The Labute approximate surface area is 192 Å². The maximum atomic E-state index is 12.9. The number of ether oxygens (including phenoxy) is 1. The smallest absolute Gasteiger partial charge is 0.409 e. The first-order valence-corrected chi connectivity index (χ1v) is 12.2. The van der Waals surface area contributed by atoms with Crippen LogP contribution >= 0.6 is 0 Å². The second kappa shape index (κ2) is 9.69. The van der Waals surface area contributed by atoms with E-state index in [1.165, 1.54) is 11.1 Å². The van der Waals surface area contributed by atoms with Crippen LogP contribution in [0.1, 0.15) is 57.6 Å². The molecule has 0 saturated carbocycles. The molecule has 1 spiro atoms. The van der Waals surface area contributed by atoms with Gasteiger partial charge in [0.1, 0.15) is 0 Å². The summed E-state index contributed by atoms with van der Waals surface area (Å²) in [5.74, 6) is 0. The number of benzene rings is 1. The Kier molecular flexibility index (Phi) is 6.93. The minimum Gasteiger partial charge on any atom is -0.450 e. The number of amides is 3. The largest absolute Gasteiger partial charge is 0.450 e. The molecule has 2 fully saturated rings. The number of rotatable bonds is 3. The summed E-state index contributed by atoms with van der Waals surface area (Å²) < 4.78 is 5.16. The van der Waals surface area contributed by atoms with Gasteiger partial charge in [0.25, 0.3) is 0 Å². The Balaban J connectivity index is 1.41. The number of piperidine rings is 2. The maximum Gasteiger partial charge on any atom is 0.409 e. The van der Waals surface area contributed by atoms with E-state index in [1.807, 2.05) is 30.6 Å². The first-order chi connectivity index (χ1) is 15.4. The first-order valence-electron chi connectivity index (χ1n) is 12.2. The predicted octanol–water partition coefficient (Wildman–Crippen LogP) is 3.57. The van der Waals surface area contributed by atoms with Gasteiger partial charge in [-0.25, -0.2) is 9.59 Å². The molecule has 7 heteroatoms. The van der Waals surface area contributed by atoms with Crippen LogP contribution in [0, 0.1) is 0 Å². The van der Waals surface area contributed by atoms with Gasteiger partial charge < -0.3 is 24.8 Å². The third-order valence-corrected chi connectivity index (χ3v) is 7.40. The molecule has 1 aromatic carbocycles. The molecule has 3 aliphatic heterocycles. The lowest BCUT2D eigenvalue weighted by atomic mass is 9.68. The number of likely N-dealkylation sites (tertiary alicyclic amines) is 2. The molecule has 32 heavy (non-hydrogen) atoms. The molecule has 0 unspecified atom stereocenters. The van der Waals surface area contributed by atoms with E-state index in [-0.39, 0.29) is 23.6 Å². The van der Waals surface area contributed by atoms with Gasteiger partial charge in [0, 0.05) is 43.7 Å². The molecule has 0 radical (unpaired) electrons. The molecule has 0 aliphatic carbocycles. The molecular formula is C25H38N4O3. The molecule has 2 saturated heterocycles. The molecule has 0 bridgehead atoms. The Morgan fingerprint density at radius 2 is 1.78 bits per heavy atom. The molecular weight excluding hydrogens is 404 g/mol. The third-order valence-electron chi connectivity index (χ3n) is 7.40. The summed E-state index contributed by atoms with van der Waals surface area (Å²) in [5.41, 5.74) is 2.75. The third kappa shape index (κ3) is 4.72. The normalized spacial score (nSPS) is 21.5. The van der Waals surface area contributed by atoms with Gasteiger partial charge in [-0.1, -0.05) is 24.3 Å². The van der Waals surface area contributed by atoms with E-state index in [9.17, 15) is 9.59 Å². The number of carbonyl (C=O) groups excluding carboxylic acids is 2. The monoisotopic (exact) mass is 442 g/mol. The fourth-order valence-electron chi connectivity index (χ4n) is 5.74. The van der Waals surface area contributed by atoms with Crippen molar-refractivity contribution in [2.75, 3.05) is 39.3 Å². The van der Waals surface area contributed by atoms with E-state index in [4.69, 9.17) is 4.74 Å². The quantitative estimate of drug-likeness (QED) is 0.777. The summed E-state index contributed by atoms with van der Waals surface area (Å²) >= 11 is 0. The van der Waals surface area contributed by atoms with Crippen molar-refractivity contribution < 1.29 is 14.3 Å². The molecule has 4 rings (SSSR count). The van der Waals surface area contributed by atoms with Crippen LogP contribution in [0.4, 0.5) is 9.59 Å². The number of hydrogen-bond acceptors (Lipinski definition) is 4. The second-order valence-corrected chi connectivity index (χ2v) is 9.85. The Morgan fingerprint density at radius 3 is 2.44 bits per heavy atom. The highest BCUT2D eigenvalue weighted by Gasteiger charge is 2.44. The summed E-state index contributed by atoms with van der Waals surface area (Å²) in [4.78, 5) is 31.3. The lowest BCUT2D eigenvalue weighted by molar-refractivity contribution is 0.0469. The van der Waals surface area contributed by atoms with Crippen LogP contribution in [0.15, 0.2) is 24.3 Å². The fourth-order valence-corrected chi connectivity index (χ4v) is 5.74. The van der Waals surface area contributed by atoms with Crippen LogP contribution in [0.25, 0.3) is 0 Å². The summed E-state index contributed by atoms with van der Waals surface area (Å²) in [6, 6.07) is 9.40. The Morgan fingerprint density at radius 1 is 1.09 bits per heavy atom. The van der Waals surface area contributed by atoms with Gasteiger partial charge in [-0.05, 0) is 70.7 Å². The standard InChI is InChI=1S/C25H38N4O3/c1-4-32-24(31)28-13-9-21(10-14-28)27-15-11-25(12-16-27)18-29(23(30)26-19(2)3)17-20-7-5-6-8-22(20)25/h5-8,19,21H,4,9-18H2,1-3H3,(H,26,30). The minimum absolute atomic E-state index is 0.0330. The van der Waals surface area contributed by atoms with E-state index in [1.54, 1.807) is 0 Å². The van der Waals surface area contributed by atoms with E-state index in [0.29, 0.717) is 19.2 Å². The Bertz CT molecular complexity index is 811. The zero-order chi connectivity index (χ0) is 22.7. The molecule has 176 valence electrons. The maximum absolute atomic E-state index is 12.9. The van der Waals surface area contributed by atoms with Crippen LogP contribution in [-0.4, -0.2) is 78.2 Å². The highest BCUT2D eigenvalue weighted by molar-refractivity contribution is 5.75. The molecule has 3 amide bonds. The molecule has 3 aliphatic rings. The average molecular weight is 443 g/mol. The number of urea groups is 1. The number of hydrogen-bond donors (Lipinski definition) is 1. The fraction of sp³-hybridized carbons (Fsp3) is 0.680. The van der Waals surface area contributed by atoms with Crippen molar-refractivity contribution in [3.63, 3.8) is 0 Å². The molecule has 3 heterocycles.